The van der Waals surface area contributed by atoms with Crippen LogP contribution >= 0.6 is 0 Å². The summed E-state index contributed by atoms with van der Waals surface area (Å²) in [6.07, 6.45) is 3.52. The van der Waals surface area contributed by atoms with Crippen LogP contribution in [0.2, 0.25) is 0 Å². The number of esters is 1. The van der Waals surface area contributed by atoms with E-state index in [2.05, 4.69) is 6.92 Å². The Morgan fingerprint density at radius 1 is 0.365 bits per heavy atom. The van der Waals surface area contributed by atoms with Crippen LogP contribution in [0.15, 0.2) is 30.3 Å². The highest BCUT2D eigenvalue weighted by atomic mass is 16.6. The van der Waals surface area contributed by atoms with Gasteiger partial charge in [0.25, 0.3) is 5.78 Å². The third-order valence-electron chi connectivity index (χ3n) is 6.67. The van der Waals surface area contributed by atoms with Crippen LogP contribution in [0.3, 0.4) is 0 Å². The Morgan fingerprint density at radius 3 is 0.923 bits per heavy atom. The summed E-state index contributed by atoms with van der Waals surface area (Å²) in [6.45, 7) is 14.0. The number of ether oxygens (including phenoxy) is 13. The van der Waals surface area contributed by atoms with Crippen molar-refractivity contribution in [1.82, 2.24) is 0 Å². The van der Waals surface area contributed by atoms with Gasteiger partial charge in [0.1, 0.15) is 6.61 Å². The van der Waals surface area contributed by atoms with Crippen molar-refractivity contribution in [1.29, 1.82) is 0 Å². The fourth-order valence-corrected chi connectivity index (χ4v) is 3.94. The van der Waals surface area contributed by atoms with Crippen LogP contribution < -0.4 is 0 Å². The molecule has 0 aliphatic carbocycles. The Labute approximate surface area is 310 Å². The molecule has 0 aliphatic heterocycles. The Kier molecular flexibility index (Phi) is 36.9. The second-order valence-corrected chi connectivity index (χ2v) is 10.9. The summed E-state index contributed by atoms with van der Waals surface area (Å²) in [5, 5.41) is 0. The monoisotopic (exact) mass is 748 g/mol. The van der Waals surface area contributed by atoms with Gasteiger partial charge in [-0.05, 0) is 6.42 Å². The van der Waals surface area contributed by atoms with Gasteiger partial charge in [-0.3, -0.25) is 4.79 Å². The molecule has 15 nitrogen and oxygen atoms in total. The lowest BCUT2D eigenvalue weighted by atomic mass is 10.1. The van der Waals surface area contributed by atoms with Crippen LogP contribution in [0.5, 0.6) is 0 Å². The van der Waals surface area contributed by atoms with Crippen molar-refractivity contribution in [2.75, 3.05) is 165 Å². The third kappa shape index (κ3) is 33.7. The molecule has 0 bridgehead atoms. The molecule has 0 N–H and O–H groups in total. The Morgan fingerprint density at radius 2 is 0.635 bits per heavy atom. The van der Waals surface area contributed by atoms with Crippen molar-refractivity contribution >= 4 is 11.8 Å². The number of hydrogen-bond donors (Lipinski definition) is 0. The third-order valence-corrected chi connectivity index (χ3v) is 6.67. The first-order valence-corrected chi connectivity index (χ1v) is 18.4. The number of Topliss-reactive ketones (excluding diaryl/α,β-unsaturated/α-hetero) is 1. The number of carbonyl (C=O) groups is 2. The van der Waals surface area contributed by atoms with Crippen LogP contribution in [0, 0.1) is 0 Å². The largest absolute Gasteiger partial charge is 0.457 e. The maximum atomic E-state index is 11.9. The van der Waals surface area contributed by atoms with E-state index in [1.165, 1.54) is 12.8 Å². The molecule has 0 saturated heterocycles. The number of hydrogen-bond acceptors (Lipinski definition) is 15. The van der Waals surface area contributed by atoms with Crippen LogP contribution in [0.25, 0.3) is 0 Å². The van der Waals surface area contributed by atoms with E-state index in [1.807, 2.05) is 0 Å². The van der Waals surface area contributed by atoms with Crippen molar-refractivity contribution in [2.24, 2.45) is 0 Å². The van der Waals surface area contributed by atoms with Crippen LogP contribution in [-0.4, -0.2) is 177 Å². The molecule has 0 unspecified atom stereocenters. The van der Waals surface area contributed by atoms with Gasteiger partial charge >= 0.3 is 5.97 Å². The minimum absolute atomic E-state index is 0.00342. The topological polar surface area (TPSA) is 154 Å². The van der Waals surface area contributed by atoms with Crippen LogP contribution in [0.1, 0.15) is 36.5 Å². The van der Waals surface area contributed by atoms with Crippen molar-refractivity contribution in [2.45, 2.75) is 26.2 Å². The summed E-state index contributed by atoms with van der Waals surface area (Å²) in [5.74, 6) is -1.57. The van der Waals surface area contributed by atoms with Crippen molar-refractivity contribution < 1.29 is 71.2 Å². The maximum Gasteiger partial charge on any atom is 0.379 e. The quantitative estimate of drug-likeness (QED) is 0.0417. The second kappa shape index (κ2) is 40.1. The highest BCUT2D eigenvalue weighted by Crippen LogP contribution is 2.01. The molecule has 302 valence electrons. The summed E-state index contributed by atoms with van der Waals surface area (Å²) in [7, 11) is 0. The van der Waals surface area contributed by atoms with E-state index < -0.39 is 11.8 Å². The number of unbranched alkanes of at least 4 members (excludes halogenated alkanes) is 2. The molecule has 0 fully saturated rings. The van der Waals surface area contributed by atoms with E-state index in [0.29, 0.717) is 151 Å². The van der Waals surface area contributed by atoms with Gasteiger partial charge in [-0.1, -0.05) is 50.1 Å². The SMILES string of the molecule is CCCCCOCCOCCOCCOCCOCCOCCOCCOCCOCCOCCOCCOCCOC(=O)C(=O)c1ccccc1. The lowest BCUT2D eigenvalue weighted by Gasteiger charge is -2.09. The van der Waals surface area contributed by atoms with Gasteiger partial charge < -0.3 is 61.6 Å². The molecule has 0 spiro atoms. The number of ketones is 1. The van der Waals surface area contributed by atoms with Crippen LogP contribution in [0.4, 0.5) is 0 Å². The standard InChI is InChI=1S/C37H64O15/c1-2-3-7-10-40-11-12-41-13-14-42-15-16-43-17-18-44-19-20-45-21-22-46-23-24-47-25-26-48-27-28-49-29-30-50-31-32-51-33-34-52-37(39)36(38)35-8-5-4-6-9-35/h4-6,8-9H,2-3,7,10-34H2,1H3. The molecular formula is C37H64O15. The average molecular weight is 749 g/mol. The molecule has 0 radical (unpaired) electrons. The van der Waals surface area contributed by atoms with Gasteiger partial charge in [-0.15, -0.1) is 0 Å². The molecule has 0 aliphatic rings. The molecule has 0 heterocycles. The Bertz CT molecular complexity index is 893. The summed E-state index contributed by atoms with van der Waals surface area (Å²) in [6, 6.07) is 8.26. The fourth-order valence-electron chi connectivity index (χ4n) is 3.94. The van der Waals surface area contributed by atoms with Gasteiger partial charge in [0, 0.05) is 12.2 Å². The lowest BCUT2D eigenvalue weighted by molar-refractivity contribution is -0.139. The van der Waals surface area contributed by atoms with E-state index in [0.717, 1.165) is 13.0 Å². The number of rotatable bonds is 42. The minimum Gasteiger partial charge on any atom is -0.457 e. The summed E-state index contributed by atoms with van der Waals surface area (Å²) < 4.78 is 70.4. The summed E-state index contributed by atoms with van der Waals surface area (Å²) in [4.78, 5) is 23.6. The highest BCUT2D eigenvalue weighted by Gasteiger charge is 2.17. The molecule has 0 saturated carbocycles. The smallest absolute Gasteiger partial charge is 0.379 e. The molecule has 0 amide bonds. The predicted octanol–water partition coefficient (Wildman–Crippen LogP) is 2.80. The van der Waals surface area contributed by atoms with Gasteiger partial charge in [-0.25, -0.2) is 4.79 Å². The number of benzene rings is 1. The van der Waals surface area contributed by atoms with E-state index >= 15 is 0 Å². The molecule has 1 aromatic rings. The first-order valence-electron chi connectivity index (χ1n) is 18.4. The molecule has 52 heavy (non-hydrogen) atoms. The van der Waals surface area contributed by atoms with E-state index in [1.54, 1.807) is 30.3 Å². The normalized spacial score (nSPS) is 11.3. The van der Waals surface area contributed by atoms with Gasteiger partial charge in [0.15, 0.2) is 0 Å². The van der Waals surface area contributed by atoms with E-state index in [9.17, 15) is 9.59 Å². The summed E-state index contributed by atoms with van der Waals surface area (Å²) >= 11 is 0. The molecule has 15 heteroatoms. The highest BCUT2D eigenvalue weighted by molar-refractivity contribution is 6.40. The fraction of sp³-hybridized carbons (Fsp3) is 0.784. The molecular weight excluding hydrogens is 684 g/mol. The second-order valence-electron chi connectivity index (χ2n) is 10.9. The van der Waals surface area contributed by atoms with Crippen molar-refractivity contribution in [3.8, 4) is 0 Å². The van der Waals surface area contributed by atoms with E-state index in [-0.39, 0.29) is 13.2 Å². The molecule has 0 atom stereocenters. The molecule has 1 rings (SSSR count). The predicted molar refractivity (Wildman–Crippen MR) is 191 cm³/mol. The first-order chi connectivity index (χ1) is 25.8. The average Bonchev–Trinajstić information content (AvgIpc) is 3.17. The summed E-state index contributed by atoms with van der Waals surface area (Å²) in [5.41, 5.74) is 0.295. The zero-order chi connectivity index (χ0) is 37.3. The van der Waals surface area contributed by atoms with Gasteiger partial charge in [0.05, 0.1) is 152 Å². The van der Waals surface area contributed by atoms with Gasteiger partial charge in [-0.2, -0.15) is 0 Å². The van der Waals surface area contributed by atoms with Crippen molar-refractivity contribution in [3.05, 3.63) is 35.9 Å². The maximum absolute atomic E-state index is 11.9. The Balaban J connectivity index is 1.64. The van der Waals surface area contributed by atoms with Gasteiger partial charge in [0.2, 0.25) is 0 Å². The van der Waals surface area contributed by atoms with Crippen molar-refractivity contribution in [3.63, 3.8) is 0 Å². The van der Waals surface area contributed by atoms with E-state index in [4.69, 9.17) is 61.6 Å². The zero-order valence-corrected chi connectivity index (χ0v) is 31.3. The molecule has 1 aromatic carbocycles. The Hall–Kier alpha value is -2.12. The number of carbonyl (C=O) groups excluding carboxylic acids is 2. The first kappa shape index (κ1) is 47.9. The minimum atomic E-state index is -0.897. The molecule has 0 aromatic heterocycles. The lowest BCUT2D eigenvalue weighted by Crippen LogP contribution is -2.20. The zero-order valence-electron chi connectivity index (χ0n) is 31.3. The van der Waals surface area contributed by atoms with Crippen LogP contribution in [-0.2, 0) is 66.4 Å².